The quantitative estimate of drug-likeness (QED) is 0.377. The molecule has 0 radical (unpaired) electrons. The summed E-state index contributed by atoms with van der Waals surface area (Å²) < 4.78 is 4.33. The lowest BCUT2D eigenvalue weighted by atomic mass is 10.1. The standard InChI is InChI=1S/C25H16Cl2N3.ClH/c26-17-10-8-16(9-11-17)24-25-23-21(20-6-1-2-7-22(20)28-23)12-13-29(25)15-30(24)19-5-3-4-18(27)14-19;/h1-15,28H;1H/q+1;/p-1. The van der Waals surface area contributed by atoms with Crippen LogP contribution in [-0.2, 0) is 0 Å². The molecule has 1 N–H and O–H groups in total. The van der Waals surface area contributed by atoms with Gasteiger partial charge in [0.15, 0.2) is 5.69 Å². The van der Waals surface area contributed by atoms with Crippen LogP contribution in [-0.4, -0.2) is 9.55 Å². The normalized spacial score (nSPS) is 11.3. The molecule has 3 nitrogen and oxygen atoms in total. The Morgan fingerprint density at radius 2 is 1.58 bits per heavy atom. The van der Waals surface area contributed by atoms with Gasteiger partial charge >= 0.3 is 0 Å². The maximum atomic E-state index is 6.32. The van der Waals surface area contributed by atoms with Crippen LogP contribution < -0.4 is 16.8 Å². The molecule has 0 saturated carbocycles. The summed E-state index contributed by atoms with van der Waals surface area (Å²) in [6, 6.07) is 26.4. The fourth-order valence-electron chi connectivity index (χ4n) is 4.22. The van der Waals surface area contributed by atoms with Gasteiger partial charge in [-0.1, -0.05) is 47.5 Å². The number of nitrogens with one attached hydrogen (secondary N) is 1. The molecule has 0 atom stereocenters. The van der Waals surface area contributed by atoms with Crippen LogP contribution >= 0.6 is 23.2 Å². The molecule has 0 saturated heterocycles. The number of hydrogen-bond donors (Lipinski definition) is 1. The summed E-state index contributed by atoms with van der Waals surface area (Å²) in [6.07, 6.45) is 4.20. The summed E-state index contributed by atoms with van der Waals surface area (Å²) in [5, 5.41) is 3.83. The van der Waals surface area contributed by atoms with Gasteiger partial charge in [0.05, 0.1) is 11.7 Å². The number of rotatable bonds is 2. The van der Waals surface area contributed by atoms with Crippen LogP contribution in [0.1, 0.15) is 0 Å². The van der Waals surface area contributed by atoms with Crippen LogP contribution in [0.3, 0.4) is 0 Å². The monoisotopic (exact) mass is 463 g/mol. The van der Waals surface area contributed by atoms with Crippen molar-refractivity contribution in [3.63, 3.8) is 0 Å². The van der Waals surface area contributed by atoms with Crippen molar-refractivity contribution in [1.29, 1.82) is 0 Å². The second kappa shape index (κ2) is 7.61. The minimum atomic E-state index is 0. The fraction of sp³-hybridized carbons (Fsp3) is 0. The average Bonchev–Trinajstić information content (AvgIpc) is 3.33. The van der Waals surface area contributed by atoms with E-state index >= 15 is 0 Å². The second-order valence-electron chi connectivity index (χ2n) is 7.35. The molecule has 0 aliphatic carbocycles. The van der Waals surface area contributed by atoms with Gasteiger partial charge < -0.3 is 17.4 Å². The third-order valence-corrected chi connectivity index (χ3v) is 6.04. The van der Waals surface area contributed by atoms with Crippen molar-refractivity contribution in [3.05, 3.63) is 101 Å². The van der Waals surface area contributed by atoms with Gasteiger partial charge in [0.25, 0.3) is 6.33 Å². The molecule has 3 aromatic heterocycles. The predicted octanol–water partition coefficient (Wildman–Crippen LogP) is 3.83. The summed E-state index contributed by atoms with van der Waals surface area (Å²) in [5.41, 5.74) is 6.48. The first-order valence-corrected chi connectivity index (χ1v) is 10.4. The third-order valence-electron chi connectivity index (χ3n) is 5.55. The molecule has 6 heteroatoms. The zero-order valence-electron chi connectivity index (χ0n) is 16.2. The summed E-state index contributed by atoms with van der Waals surface area (Å²) in [7, 11) is 0. The maximum Gasteiger partial charge on any atom is 0.254 e. The van der Waals surface area contributed by atoms with Crippen LogP contribution in [0.4, 0.5) is 0 Å². The van der Waals surface area contributed by atoms with E-state index in [4.69, 9.17) is 23.2 Å². The Morgan fingerprint density at radius 1 is 0.774 bits per heavy atom. The number of pyridine rings is 1. The zero-order valence-corrected chi connectivity index (χ0v) is 18.5. The summed E-state index contributed by atoms with van der Waals surface area (Å²) >= 11 is 12.5. The minimum absolute atomic E-state index is 0. The zero-order chi connectivity index (χ0) is 20.2. The topological polar surface area (TPSA) is 24.8 Å². The number of para-hydroxylation sites is 1. The Balaban J connectivity index is 0.00000204. The predicted molar refractivity (Wildman–Crippen MR) is 124 cm³/mol. The lowest BCUT2D eigenvalue weighted by Crippen LogP contribution is -3.00. The SMILES string of the molecule is Clc1ccc(-c2c3c4[nH]c5ccccc5c4cc[n+]3cn2-c2cccc(Cl)c2)cc1.[Cl-]. The van der Waals surface area contributed by atoms with Gasteiger partial charge in [-0.3, -0.25) is 0 Å². The van der Waals surface area contributed by atoms with Crippen molar-refractivity contribution < 1.29 is 16.8 Å². The smallest absolute Gasteiger partial charge is 0.254 e. The van der Waals surface area contributed by atoms with Crippen LogP contribution in [0.2, 0.25) is 10.0 Å². The molecule has 0 aliphatic heterocycles. The summed E-state index contributed by atoms with van der Waals surface area (Å²) in [5.74, 6) is 0. The number of imidazole rings is 1. The molecule has 0 spiro atoms. The molecule has 3 aromatic carbocycles. The van der Waals surface area contributed by atoms with Crippen molar-refractivity contribution >= 4 is 50.5 Å². The van der Waals surface area contributed by atoms with Crippen LogP contribution in [0, 0.1) is 0 Å². The number of H-pyrrole nitrogens is 1. The number of aromatic amines is 1. The molecule has 31 heavy (non-hydrogen) atoms. The number of benzene rings is 3. The number of fused-ring (bicyclic) bond motifs is 5. The molecule has 6 aromatic rings. The van der Waals surface area contributed by atoms with Gasteiger partial charge in [-0.05, 0) is 48.5 Å². The van der Waals surface area contributed by atoms with E-state index in [2.05, 4.69) is 75.0 Å². The van der Waals surface area contributed by atoms with Crippen molar-refractivity contribution in [2.75, 3.05) is 0 Å². The van der Waals surface area contributed by atoms with Crippen molar-refractivity contribution in [2.24, 2.45) is 0 Å². The van der Waals surface area contributed by atoms with Gasteiger partial charge in [0, 0.05) is 38.0 Å². The highest BCUT2D eigenvalue weighted by Crippen LogP contribution is 2.34. The van der Waals surface area contributed by atoms with E-state index in [1.807, 2.05) is 30.3 Å². The first kappa shape index (κ1) is 20.0. The highest BCUT2D eigenvalue weighted by molar-refractivity contribution is 6.31. The van der Waals surface area contributed by atoms with E-state index in [1.165, 1.54) is 10.8 Å². The van der Waals surface area contributed by atoms with E-state index < -0.39 is 0 Å². The third kappa shape index (κ3) is 3.17. The Morgan fingerprint density at radius 3 is 2.39 bits per heavy atom. The van der Waals surface area contributed by atoms with Crippen molar-refractivity contribution in [2.45, 2.75) is 0 Å². The van der Waals surface area contributed by atoms with E-state index in [0.717, 1.165) is 33.5 Å². The van der Waals surface area contributed by atoms with Crippen LogP contribution in [0.15, 0.2) is 91.4 Å². The molecule has 6 rings (SSSR count). The second-order valence-corrected chi connectivity index (χ2v) is 8.22. The molecule has 0 bridgehead atoms. The Labute approximate surface area is 194 Å². The molecule has 0 amide bonds. The summed E-state index contributed by atoms with van der Waals surface area (Å²) in [4.78, 5) is 3.63. The molecule has 0 aliphatic rings. The minimum Gasteiger partial charge on any atom is -1.00 e. The van der Waals surface area contributed by atoms with Crippen LogP contribution in [0.5, 0.6) is 0 Å². The largest absolute Gasteiger partial charge is 1.00 e. The van der Waals surface area contributed by atoms with Gasteiger partial charge in [0.2, 0.25) is 5.52 Å². The van der Waals surface area contributed by atoms with E-state index in [9.17, 15) is 0 Å². The number of hydrogen-bond acceptors (Lipinski definition) is 0. The number of halogens is 3. The van der Waals surface area contributed by atoms with Crippen LogP contribution in [0.25, 0.3) is 44.3 Å². The van der Waals surface area contributed by atoms with E-state index in [-0.39, 0.29) is 12.4 Å². The summed E-state index contributed by atoms with van der Waals surface area (Å²) in [6.45, 7) is 0. The van der Waals surface area contributed by atoms with E-state index in [0.29, 0.717) is 10.0 Å². The molecular weight excluding hydrogens is 449 g/mol. The van der Waals surface area contributed by atoms with Gasteiger partial charge in [-0.2, -0.15) is 8.97 Å². The number of nitrogens with zero attached hydrogens (tertiary/aromatic N) is 2. The highest BCUT2D eigenvalue weighted by atomic mass is 35.5. The molecule has 152 valence electrons. The van der Waals surface area contributed by atoms with Crippen molar-refractivity contribution in [3.8, 4) is 16.9 Å². The Kier molecular flexibility index (Phi) is 4.90. The fourth-order valence-corrected chi connectivity index (χ4v) is 4.53. The molecular formula is C25H16Cl3N3. The molecule has 3 heterocycles. The first-order valence-electron chi connectivity index (χ1n) is 9.67. The Bertz CT molecular complexity index is 1560. The van der Waals surface area contributed by atoms with E-state index in [1.54, 1.807) is 0 Å². The van der Waals surface area contributed by atoms with Gasteiger partial charge in [-0.15, -0.1) is 0 Å². The number of aromatic nitrogens is 3. The van der Waals surface area contributed by atoms with Gasteiger partial charge in [0.1, 0.15) is 5.69 Å². The highest BCUT2D eigenvalue weighted by Gasteiger charge is 2.25. The Hall–Kier alpha value is -2.98. The maximum absolute atomic E-state index is 6.32. The van der Waals surface area contributed by atoms with Crippen molar-refractivity contribution in [1.82, 2.24) is 9.55 Å². The average molecular weight is 465 g/mol. The molecule has 0 fully saturated rings. The van der Waals surface area contributed by atoms with Gasteiger partial charge in [-0.25, -0.2) is 0 Å². The lowest BCUT2D eigenvalue weighted by Gasteiger charge is -2.03. The lowest BCUT2D eigenvalue weighted by molar-refractivity contribution is -0.510. The first-order chi connectivity index (χ1) is 14.7. The molecule has 0 unspecified atom stereocenters.